The third-order valence-corrected chi connectivity index (χ3v) is 0. The summed E-state index contributed by atoms with van der Waals surface area (Å²) in [7, 11) is 0.130. The molecule has 1 radical (unpaired) electrons. The molecule has 37 valence electrons. The van der Waals surface area contributed by atoms with E-state index in [1.165, 1.54) is 0 Å². The van der Waals surface area contributed by atoms with Crippen LogP contribution in [0.1, 0.15) is 0 Å². The second kappa shape index (κ2) is 9.73. The molecule has 0 spiro atoms. The fourth-order valence-electron chi connectivity index (χ4n) is 0. The van der Waals surface area contributed by atoms with Gasteiger partial charge in [-0.25, -0.2) is 0 Å². The van der Waals surface area contributed by atoms with E-state index in [-0.39, 0.29) is 48.1 Å². The summed E-state index contributed by atoms with van der Waals surface area (Å²) in [6, 6.07) is 0. The van der Waals surface area contributed by atoms with E-state index in [0.29, 0.717) is 0 Å². The van der Waals surface area contributed by atoms with Crippen molar-refractivity contribution < 1.29 is 32.7 Å². The van der Waals surface area contributed by atoms with Gasteiger partial charge in [-0.05, 0) is 0 Å². The van der Waals surface area contributed by atoms with Crippen LogP contribution in [-0.2, 0) is 32.7 Å². The Morgan fingerprint density at radius 1 is 1.33 bits per heavy atom. The molecule has 0 heterocycles. The van der Waals surface area contributed by atoms with Crippen LogP contribution in [0.25, 0.3) is 0 Å². The Kier molecular flexibility index (Phi) is 25.4. The van der Waals surface area contributed by atoms with Crippen LogP contribution in [0, 0.1) is 14.1 Å². The molecule has 0 aromatic heterocycles. The van der Waals surface area contributed by atoms with Gasteiger partial charge in [0, 0.05) is 32.7 Å². The van der Waals surface area contributed by atoms with Gasteiger partial charge in [0.05, 0.1) is 0 Å². The molecule has 0 aliphatic carbocycles. The minimum atomic E-state index is 0. The Labute approximate surface area is 67.7 Å². The Bertz CT molecular complexity index is 12.3. The first-order chi connectivity index (χ1) is 1.73. The molecule has 6 heavy (non-hydrogen) atoms. The SMILES string of the molecule is [CH2-]P(C)C.[CH3-].[Y]. The zero-order chi connectivity index (χ0) is 3.58. The molecule has 0 aliphatic heterocycles. The first-order valence-electron chi connectivity index (χ1n) is 1.21. The standard InChI is InChI=1S/C3H8P.CH3.Y/c1-4(2)3;;/h1H2,2-3H3;1H3;/q2*-1;. The van der Waals surface area contributed by atoms with Gasteiger partial charge in [-0.2, -0.15) is 0 Å². The smallest absolute Gasteiger partial charge is 0 e. The molecule has 2 heteroatoms. The Morgan fingerprint density at radius 3 is 1.33 bits per heavy atom. The van der Waals surface area contributed by atoms with E-state index in [9.17, 15) is 0 Å². The average Bonchev–Trinajstić information content (AvgIpc) is 0.811. The van der Waals surface area contributed by atoms with Gasteiger partial charge >= 0.3 is 0 Å². The van der Waals surface area contributed by atoms with Crippen molar-refractivity contribution in [3.05, 3.63) is 14.1 Å². The predicted molar refractivity (Wildman–Crippen MR) is 30.5 cm³/mol. The monoisotopic (exact) mass is 179 g/mol. The van der Waals surface area contributed by atoms with Crippen molar-refractivity contribution in [2.75, 3.05) is 13.3 Å². The number of hydrogen-bond donors (Lipinski definition) is 0. The van der Waals surface area contributed by atoms with Gasteiger partial charge in [0.25, 0.3) is 0 Å². The average molecular weight is 179 g/mol. The van der Waals surface area contributed by atoms with Crippen molar-refractivity contribution in [1.29, 1.82) is 0 Å². The summed E-state index contributed by atoms with van der Waals surface area (Å²) in [5, 5.41) is 0. The fourth-order valence-corrected chi connectivity index (χ4v) is 0. The second-order valence-electron chi connectivity index (χ2n) is 1.08. The normalized spacial score (nSPS) is 6.00. The van der Waals surface area contributed by atoms with Crippen LogP contribution in [0.3, 0.4) is 0 Å². The zero-order valence-corrected chi connectivity index (χ0v) is 8.46. The molecule has 0 bridgehead atoms. The van der Waals surface area contributed by atoms with Gasteiger partial charge in [0.15, 0.2) is 0 Å². The molecule has 0 amide bonds. The minimum absolute atomic E-state index is 0. The summed E-state index contributed by atoms with van der Waals surface area (Å²) in [5.74, 6) is 0. The third kappa shape index (κ3) is 48.3. The van der Waals surface area contributed by atoms with Gasteiger partial charge < -0.3 is 14.1 Å². The van der Waals surface area contributed by atoms with Crippen LogP contribution in [0.15, 0.2) is 0 Å². The van der Waals surface area contributed by atoms with E-state index in [0.717, 1.165) is 0 Å². The summed E-state index contributed by atoms with van der Waals surface area (Å²) in [4.78, 5) is 0. The molecule has 0 unspecified atom stereocenters. The van der Waals surface area contributed by atoms with Crippen molar-refractivity contribution in [2.45, 2.75) is 0 Å². The summed E-state index contributed by atoms with van der Waals surface area (Å²) in [6.45, 7) is 7.94. The fraction of sp³-hybridized carbons (Fsp3) is 0.500. The molecular weight excluding hydrogens is 168 g/mol. The van der Waals surface area contributed by atoms with E-state index in [4.69, 9.17) is 0 Å². The molecular formula is C4H11PY-2. The van der Waals surface area contributed by atoms with Gasteiger partial charge in [-0.1, -0.05) is 13.3 Å². The summed E-state index contributed by atoms with van der Waals surface area (Å²) in [5.41, 5.74) is 0. The van der Waals surface area contributed by atoms with Crippen molar-refractivity contribution in [3.8, 4) is 0 Å². The van der Waals surface area contributed by atoms with E-state index in [2.05, 4.69) is 20.0 Å². The van der Waals surface area contributed by atoms with E-state index < -0.39 is 0 Å². The van der Waals surface area contributed by atoms with Crippen LogP contribution >= 0.6 is 7.92 Å². The molecule has 0 aromatic rings. The maximum absolute atomic E-state index is 3.70. The van der Waals surface area contributed by atoms with E-state index >= 15 is 0 Å². The molecule has 0 saturated carbocycles. The summed E-state index contributed by atoms with van der Waals surface area (Å²) in [6.07, 6.45) is 0. The van der Waals surface area contributed by atoms with Crippen LogP contribution in [-0.4, -0.2) is 13.3 Å². The van der Waals surface area contributed by atoms with Crippen LogP contribution in [0.4, 0.5) is 0 Å². The molecule has 0 rings (SSSR count). The van der Waals surface area contributed by atoms with Gasteiger partial charge in [-0.15, -0.1) is 0 Å². The maximum Gasteiger partial charge on any atom is 0 e. The Balaban J connectivity index is -0.0000000450. The number of rotatable bonds is 0. The first kappa shape index (κ1) is 15.6. The molecule has 0 aromatic carbocycles. The van der Waals surface area contributed by atoms with Crippen molar-refractivity contribution in [3.63, 3.8) is 0 Å². The van der Waals surface area contributed by atoms with Crippen molar-refractivity contribution in [1.82, 2.24) is 0 Å². The largest absolute Gasteiger partial charge is 0.358 e. The molecule has 0 fully saturated rings. The quantitative estimate of drug-likeness (QED) is 0.394. The predicted octanol–water partition coefficient (Wildman–Crippen LogP) is 1.97. The van der Waals surface area contributed by atoms with E-state index in [1.54, 1.807) is 0 Å². The van der Waals surface area contributed by atoms with E-state index in [1.807, 2.05) is 0 Å². The van der Waals surface area contributed by atoms with Crippen LogP contribution in [0.2, 0.25) is 0 Å². The maximum atomic E-state index is 3.70. The van der Waals surface area contributed by atoms with Gasteiger partial charge in [0.2, 0.25) is 0 Å². The van der Waals surface area contributed by atoms with Crippen molar-refractivity contribution in [2.24, 2.45) is 0 Å². The van der Waals surface area contributed by atoms with Gasteiger partial charge in [0.1, 0.15) is 0 Å². The van der Waals surface area contributed by atoms with Crippen LogP contribution < -0.4 is 0 Å². The molecule has 0 aliphatic rings. The molecule has 0 atom stereocenters. The zero-order valence-electron chi connectivity index (χ0n) is 4.73. The molecule has 0 nitrogen and oxygen atoms in total. The second-order valence-corrected chi connectivity index (χ2v) is 3.24. The summed E-state index contributed by atoms with van der Waals surface area (Å²) < 4.78 is 0. The summed E-state index contributed by atoms with van der Waals surface area (Å²) >= 11 is 0. The number of hydrogen-bond acceptors (Lipinski definition) is 0. The van der Waals surface area contributed by atoms with Gasteiger partial charge in [-0.3, -0.25) is 7.92 Å². The van der Waals surface area contributed by atoms with Crippen LogP contribution in [0.5, 0.6) is 0 Å². The Morgan fingerprint density at radius 2 is 1.33 bits per heavy atom. The first-order valence-corrected chi connectivity index (χ1v) is 3.63. The topological polar surface area (TPSA) is 0 Å². The Hall–Kier alpha value is 1.53. The molecule has 0 saturated heterocycles. The van der Waals surface area contributed by atoms with Crippen molar-refractivity contribution >= 4 is 7.92 Å². The molecule has 0 N–H and O–H groups in total. The minimum Gasteiger partial charge on any atom is -0.358 e. The third-order valence-electron chi connectivity index (χ3n) is 0.